The second kappa shape index (κ2) is 8.63. The molecule has 7 heteroatoms. The largest absolute Gasteiger partial charge is 0.450 e. The molecule has 0 bridgehead atoms. The zero-order valence-corrected chi connectivity index (χ0v) is 14.1. The second-order valence-electron chi connectivity index (χ2n) is 5.71. The molecule has 2 amide bonds. The van der Waals surface area contributed by atoms with Crippen LogP contribution in [0.5, 0.6) is 0 Å². The Kier molecular flexibility index (Phi) is 6.54. The first-order valence-corrected chi connectivity index (χ1v) is 8.19. The van der Waals surface area contributed by atoms with E-state index in [1.807, 2.05) is 11.8 Å². The van der Waals surface area contributed by atoms with Crippen molar-refractivity contribution in [1.29, 1.82) is 0 Å². The first-order valence-electron chi connectivity index (χ1n) is 8.19. The van der Waals surface area contributed by atoms with Crippen molar-refractivity contribution in [3.8, 4) is 0 Å². The van der Waals surface area contributed by atoms with Crippen LogP contribution < -0.4 is 5.32 Å². The molecule has 6 nitrogen and oxygen atoms in total. The molecule has 1 unspecified atom stereocenters. The Balaban J connectivity index is 1.80. The number of carbonyl (C=O) groups is 2. The van der Waals surface area contributed by atoms with E-state index < -0.39 is 0 Å². The van der Waals surface area contributed by atoms with Crippen molar-refractivity contribution in [3.05, 3.63) is 35.6 Å². The summed E-state index contributed by atoms with van der Waals surface area (Å²) < 4.78 is 18.5. The maximum atomic E-state index is 13.6. The molecule has 1 fully saturated rings. The first-order chi connectivity index (χ1) is 11.5. The van der Waals surface area contributed by atoms with E-state index in [1.54, 1.807) is 30.0 Å². The van der Waals surface area contributed by atoms with Gasteiger partial charge >= 0.3 is 6.09 Å². The van der Waals surface area contributed by atoms with E-state index in [9.17, 15) is 14.0 Å². The molecule has 24 heavy (non-hydrogen) atoms. The third-order valence-corrected chi connectivity index (χ3v) is 4.18. The highest BCUT2D eigenvalue weighted by atomic mass is 19.1. The van der Waals surface area contributed by atoms with Crippen molar-refractivity contribution in [2.24, 2.45) is 0 Å². The molecular weight excluding hydrogens is 313 g/mol. The van der Waals surface area contributed by atoms with Crippen molar-refractivity contribution >= 4 is 12.0 Å². The Bertz CT molecular complexity index is 574. The van der Waals surface area contributed by atoms with E-state index in [1.165, 1.54) is 6.07 Å². The number of amides is 2. The van der Waals surface area contributed by atoms with Crippen LogP contribution in [0.25, 0.3) is 0 Å². The van der Waals surface area contributed by atoms with Crippen LogP contribution in [0.2, 0.25) is 0 Å². The Morgan fingerprint density at radius 3 is 2.54 bits per heavy atom. The number of nitrogens with zero attached hydrogens (tertiary/aromatic N) is 2. The minimum absolute atomic E-state index is 0.150. The summed E-state index contributed by atoms with van der Waals surface area (Å²) in [4.78, 5) is 27.6. The Labute approximate surface area is 141 Å². The van der Waals surface area contributed by atoms with E-state index in [4.69, 9.17) is 4.74 Å². The van der Waals surface area contributed by atoms with Gasteiger partial charge < -0.3 is 15.0 Å². The van der Waals surface area contributed by atoms with E-state index in [0.717, 1.165) is 0 Å². The average molecular weight is 337 g/mol. The normalized spacial score (nSPS) is 16.5. The summed E-state index contributed by atoms with van der Waals surface area (Å²) in [6.45, 7) is 6.38. The lowest BCUT2D eigenvalue weighted by Crippen LogP contribution is -2.55. The number of piperazine rings is 1. The number of carbonyl (C=O) groups excluding carboxylic acids is 2. The van der Waals surface area contributed by atoms with Crippen molar-refractivity contribution < 1.29 is 18.7 Å². The molecule has 1 heterocycles. The van der Waals surface area contributed by atoms with Gasteiger partial charge in [-0.2, -0.15) is 0 Å². The summed E-state index contributed by atoms with van der Waals surface area (Å²) in [5.41, 5.74) is 0.463. The number of benzene rings is 1. The summed E-state index contributed by atoms with van der Waals surface area (Å²) in [5, 5.41) is 2.77. The molecule has 1 N–H and O–H groups in total. The van der Waals surface area contributed by atoms with E-state index in [-0.39, 0.29) is 30.4 Å². The number of halogens is 1. The number of rotatable bonds is 5. The quantitative estimate of drug-likeness (QED) is 0.887. The van der Waals surface area contributed by atoms with Crippen LogP contribution in [0.15, 0.2) is 24.3 Å². The summed E-state index contributed by atoms with van der Waals surface area (Å²) in [6.07, 6.45) is -0.311. The fourth-order valence-electron chi connectivity index (χ4n) is 2.64. The van der Waals surface area contributed by atoms with Gasteiger partial charge in [-0.3, -0.25) is 9.69 Å². The van der Waals surface area contributed by atoms with Gasteiger partial charge in [0.05, 0.1) is 12.6 Å². The molecule has 1 aromatic carbocycles. The summed E-state index contributed by atoms with van der Waals surface area (Å²) >= 11 is 0. The Morgan fingerprint density at radius 2 is 1.92 bits per heavy atom. The van der Waals surface area contributed by atoms with Crippen molar-refractivity contribution in [2.75, 3.05) is 32.8 Å². The zero-order chi connectivity index (χ0) is 17.5. The van der Waals surface area contributed by atoms with Gasteiger partial charge in [-0.1, -0.05) is 18.2 Å². The van der Waals surface area contributed by atoms with Crippen LogP contribution >= 0.6 is 0 Å². The lowest BCUT2D eigenvalue weighted by molar-refractivity contribution is -0.126. The summed E-state index contributed by atoms with van der Waals surface area (Å²) in [5.74, 6) is -0.476. The van der Waals surface area contributed by atoms with Gasteiger partial charge in [0.15, 0.2) is 0 Å². The van der Waals surface area contributed by atoms with Gasteiger partial charge in [-0.05, 0) is 19.9 Å². The van der Waals surface area contributed by atoms with Gasteiger partial charge in [0.2, 0.25) is 5.91 Å². The molecule has 1 atom stereocenters. The van der Waals surface area contributed by atoms with Crippen molar-refractivity contribution in [3.63, 3.8) is 0 Å². The minimum atomic E-state index is -0.332. The first kappa shape index (κ1) is 18.2. The molecule has 0 spiro atoms. The number of ether oxygens (including phenoxy) is 1. The maximum absolute atomic E-state index is 13.6. The fourth-order valence-corrected chi connectivity index (χ4v) is 2.64. The minimum Gasteiger partial charge on any atom is -0.450 e. The van der Waals surface area contributed by atoms with Gasteiger partial charge in [0, 0.05) is 38.3 Å². The highest BCUT2D eigenvalue weighted by Gasteiger charge is 2.27. The van der Waals surface area contributed by atoms with Gasteiger partial charge in [0.1, 0.15) is 5.82 Å². The molecule has 1 aliphatic rings. The lowest BCUT2D eigenvalue weighted by atomic mass is 10.2. The molecule has 2 rings (SSSR count). The molecule has 0 saturated carbocycles. The number of nitrogens with one attached hydrogen (secondary N) is 1. The second-order valence-corrected chi connectivity index (χ2v) is 5.71. The highest BCUT2D eigenvalue weighted by molar-refractivity contribution is 5.81. The monoisotopic (exact) mass is 337 g/mol. The third-order valence-electron chi connectivity index (χ3n) is 4.18. The Morgan fingerprint density at radius 1 is 1.25 bits per heavy atom. The number of hydrogen-bond donors (Lipinski definition) is 1. The predicted molar refractivity (Wildman–Crippen MR) is 87.9 cm³/mol. The summed E-state index contributed by atoms with van der Waals surface area (Å²) in [7, 11) is 0. The molecule has 0 aromatic heterocycles. The van der Waals surface area contributed by atoms with E-state index in [0.29, 0.717) is 38.3 Å². The lowest BCUT2D eigenvalue weighted by Gasteiger charge is -2.36. The molecule has 1 aliphatic heterocycles. The Hall–Kier alpha value is -2.15. The molecule has 0 aliphatic carbocycles. The topological polar surface area (TPSA) is 61.9 Å². The fraction of sp³-hybridized carbons (Fsp3) is 0.529. The van der Waals surface area contributed by atoms with Crippen molar-refractivity contribution in [1.82, 2.24) is 15.1 Å². The van der Waals surface area contributed by atoms with Gasteiger partial charge in [-0.15, -0.1) is 0 Å². The SMILES string of the molecule is CCOC(=O)N1CCN(C(C)C(=O)NCc2ccccc2F)CC1. The molecule has 132 valence electrons. The van der Waals surface area contributed by atoms with Crippen LogP contribution in [0.3, 0.4) is 0 Å². The van der Waals surface area contributed by atoms with Crippen LogP contribution in [0.4, 0.5) is 9.18 Å². The smallest absolute Gasteiger partial charge is 0.409 e. The van der Waals surface area contributed by atoms with Crippen LogP contribution in [-0.4, -0.2) is 60.6 Å². The molecule has 1 saturated heterocycles. The summed E-state index contributed by atoms with van der Waals surface area (Å²) in [6, 6.07) is 6.05. The molecule has 0 radical (unpaired) electrons. The van der Waals surface area contributed by atoms with E-state index >= 15 is 0 Å². The highest BCUT2D eigenvalue weighted by Crippen LogP contribution is 2.09. The van der Waals surface area contributed by atoms with Crippen LogP contribution in [0, 0.1) is 5.82 Å². The third kappa shape index (κ3) is 4.67. The average Bonchev–Trinajstić information content (AvgIpc) is 2.60. The van der Waals surface area contributed by atoms with Crippen LogP contribution in [-0.2, 0) is 16.1 Å². The molecule has 1 aromatic rings. The van der Waals surface area contributed by atoms with Gasteiger partial charge in [-0.25, -0.2) is 9.18 Å². The maximum Gasteiger partial charge on any atom is 0.409 e. The standard InChI is InChI=1S/C17H24FN3O3/c1-3-24-17(23)21-10-8-20(9-11-21)13(2)16(22)19-12-14-6-4-5-7-15(14)18/h4-7,13H,3,8-12H2,1-2H3,(H,19,22). The van der Waals surface area contributed by atoms with Crippen LogP contribution in [0.1, 0.15) is 19.4 Å². The number of hydrogen-bond acceptors (Lipinski definition) is 4. The van der Waals surface area contributed by atoms with Gasteiger partial charge in [0.25, 0.3) is 0 Å². The predicted octanol–water partition coefficient (Wildman–Crippen LogP) is 1.60. The molecular formula is C17H24FN3O3. The van der Waals surface area contributed by atoms with E-state index in [2.05, 4.69) is 5.32 Å². The zero-order valence-electron chi connectivity index (χ0n) is 14.1. The van der Waals surface area contributed by atoms with Crippen molar-refractivity contribution in [2.45, 2.75) is 26.4 Å².